The quantitative estimate of drug-likeness (QED) is 0.715. The number of hydrogen-bond donors (Lipinski definition) is 3. The summed E-state index contributed by atoms with van der Waals surface area (Å²) in [6.07, 6.45) is 2.46. The number of nitrogens with two attached hydrogens (primary N) is 1. The molecule has 0 radical (unpaired) electrons. The van der Waals surface area contributed by atoms with Crippen LogP contribution in [-0.4, -0.2) is 46.5 Å². The van der Waals surface area contributed by atoms with Gasteiger partial charge < -0.3 is 16.0 Å². The van der Waals surface area contributed by atoms with Gasteiger partial charge >= 0.3 is 0 Å². The van der Waals surface area contributed by atoms with Gasteiger partial charge in [-0.2, -0.15) is 5.10 Å². The molecule has 7 nitrogen and oxygen atoms in total. The lowest BCUT2D eigenvalue weighted by Crippen LogP contribution is -2.33. The van der Waals surface area contributed by atoms with Gasteiger partial charge in [0.15, 0.2) is 5.69 Å². The highest BCUT2D eigenvalue weighted by Crippen LogP contribution is 2.12. The predicted octanol–water partition coefficient (Wildman–Crippen LogP) is 0.0426. The molecular weight excluding hydrogens is 246 g/mol. The van der Waals surface area contributed by atoms with Crippen LogP contribution in [0.15, 0.2) is 0 Å². The number of aromatic amines is 1. The lowest BCUT2D eigenvalue weighted by atomic mass is 10.3. The van der Waals surface area contributed by atoms with Crippen LogP contribution in [0.5, 0.6) is 0 Å². The Morgan fingerprint density at radius 3 is 2.68 bits per heavy atom. The molecule has 2 heterocycles. The number of nitrogens with one attached hydrogen (secondary N) is 2. The molecule has 1 fully saturated rings. The molecule has 2 rings (SSSR count). The van der Waals surface area contributed by atoms with Gasteiger partial charge in [-0.25, -0.2) is 0 Å². The van der Waals surface area contributed by atoms with Gasteiger partial charge in [0.25, 0.3) is 5.91 Å². The number of rotatable bonds is 4. The van der Waals surface area contributed by atoms with Gasteiger partial charge in [0.1, 0.15) is 0 Å². The van der Waals surface area contributed by atoms with Crippen LogP contribution in [-0.2, 0) is 4.79 Å². The summed E-state index contributed by atoms with van der Waals surface area (Å²) in [5.41, 5.74) is 6.91. The Morgan fingerprint density at radius 2 is 2.11 bits per heavy atom. The van der Waals surface area contributed by atoms with E-state index in [-0.39, 0.29) is 17.5 Å². The predicted molar refractivity (Wildman–Crippen MR) is 70.5 cm³/mol. The van der Waals surface area contributed by atoms with Crippen LogP contribution in [0.25, 0.3) is 0 Å². The number of aromatic nitrogens is 2. The van der Waals surface area contributed by atoms with E-state index in [1.807, 2.05) is 4.90 Å². The minimum Gasteiger partial charge on any atom is -0.395 e. The Bertz CT molecular complexity index is 476. The Morgan fingerprint density at radius 1 is 1.42 bits per heavy atom. The standard InChI is InChI=1S/C12H19N5O2/c1-8-10(13)11(16-15-8)12(19)14-5-4-9(18)17-6-2-3-7-17/h2-7,13H2,1H3,(H,14,19)(H,15,16). The Labute approximate surface area is 111 Å². The van der Waals surface area contributed by atoms with Crippen molar-refractivity contribution in [3.05, 3.63) is 11.4 Å². The van der Waals surface area contributed by atoms with Crippen LogP contribution in [0.3, 0.4) is 0 Å². The first kappa shape index (κ1) is 13.4. The number of anilines is 1. The van der Waals surface area contributed by atoms with E-state index in [0.29, 0.717) is 24.3 Å². The second-order valence-electron chi connectivity index (χ2n) is 4.70. The zero-order valence-corrected chi connectivity index (χ0v) is 11.0. The van der Waals surface area contributed by atoms with E-state index < -0.39 is 0 Å². The summed E-state index contributed by atoms with van der Waals surface area (Å²) in [4.78, 5) is 25.4. The third-order valence-corrected chi connectivity index (χ3v) is 3.29. The number of carbonyl (C=O) groups excluding carboxylic acids is 2. The molecule has 7 heteroatoms. The van der Waals surface area contributed by atoms with Crippen molar-refractivity contribution in [2.75, 3.05) is 25.4 Å². The van der Waals surface area contributed by atoms with Gasteiger partial charge in [-0.3, -0.25) is 14.7 Å². The summed E-state index contributed by atoms with van der Waals surface area (Å²) in [5, 5.41) is 9.14. The molecule has 1 saturated heterocycles. The lowest BCUT2D eigenvalue weighted by molar-refractivity contribution is -0.129. The molecular formula is C12H19N5O2. The number of amides is 2. The lowest BCUT2D eigenvalue weighted by Gasteiger charge is -2.14. The summed E-state index contributed by atoms with van der Waals surface area (Å²) >= 11 is 0. The summed E-state index contributed by atoms with van der Waals surface area (Å²) in [7, 11) is 0. The van der Waals surface area contributed by atoms with Crippen molar-refractivity contribution in [1.82, 2.24) is 20.4 Å². The fourth-order valence-corrected chi connectivity index (χ4v) is 2.10. The third kappa shape index (κ3) is 3.04. The second-order valence-corrected chi connectivity index (χ2v) is 4.70. The molecule has 0 aromatic carbocycles. The van der Waals surface area contributed by atoms with E-state index in [2.05, 4.69) is 15.5 Å². The van der Waals surface area contributed by atoms with Crippen LogP contribution < -0.4 is 11.1 Å². The van der Waals surface area contributed by atoms with Crippen molar-refractivity contribution in [2.45, 2.75) is 26.2 Å². The molecule has 2 amide bonds. The number of nitrogens with zero attached hydrogens (tertiary/aromatic N) is 2. The Kier molecular flexibility index (Phi) is 4.03. The first-order valence-electron chi connectivity index (χ1n) is 6.46. The average Bonchev–Trinajstić information content (AvgIpc) is 3.01. The maximum absolute atomic E-state index is 11.8. The van der Waals surface area contributed by atoms with Gasteiger partial charge in [0.05, 0.1) is 11.4 Å². The summed E-state index contributed by atoms with van der Waals surface area (Å²) in [6.45, 7) is 3.71. The molecule has 1 aliphatic heterocycles. The highest BCUT2D eigenvalue weighted by molar-refractivity contribution is 5.97. The topological polar surface area (TPSA) is 104 Å². The number of hydrogen-bond acceptors (Lipinski definition) is 4. The van der Waals surface area contributed by atoms with Gasteiger partial charge in [0, 0.05) is 26.1 Å². The molecule has 0 atom stereocenters. The first-order valence-corrected chi connectivity index (χ1v) is 6.46. The van der Waals surface area contributed by atoms with Crippen molar-refractivity contribution in [3.8, 4) is 0 Å². The third-order valence-electron chi connectivity index (χ3n) is 3.29. The van der Waals surface area contributed by atoms with Crippen LogP contribution in [0, 0.1) is 6.92 Å². The summed E-state index contributed by atoms with van der Waals surface area (Å²) in [6, 6.07) is 0. The largest absolute Gasteiger partial charge is 0.395 e. The minimum absolute atomic E-state index is 0.0870. The fourth-order valence-electron chi connectivity index (χ4n) is 2.10. The molecule has 0 aliphatic carbocycles. The van der Waals surface area contributed by atoms with Gasteiger partial charge in [-0.05, 0) is 19.8 Å². The number of nitrogen functional groups attached to an aromatic ring is 1. The molecule has 0 bridgehead atoms. The second kappa shape index (κ2) is 5.73. The number of aryl methyl sites for hydroxylation is 1. The summed E-state index contributed by atoms with van der Waals surface area (Å²) in [5.74, 6) is -0.264. The van der Waals surface area contributed by atoms with Crippen molar-refractivity contribution in [1.29, 1.82) is 0 Å². The van der Waals surface area contributed by atoms with Gasteiger partial charge in [-0.1, -0.05) is 0 Å². The zero-order valence-electron chi connectivity index (χ0n) is 11.0. The first-order chi connectivity index (χ1) is 9.09. The SMILES string of the molecule is Cc1[nH]nc(C(=O)NCCC(=O)N2CCCC2)c1N. The highest BCUT2D eigenvalue weighted by Gasteiger charge is 2.19. The minimum atomic E-state index is -0.351. The molecule has 0 spiro atoms. The number of likely N-dealkylation sites (tertiary alicyclic amines) is 1. The number of H-pyrrole nitrogens is 1. The van der Waals surface area contributed by atoms with Crippen molar-refractivity contribution in [3.63, 3.8) is 0 Å². The van der Waals surface area contributed by atoms with Crippen LogP contribution in [0.2, 0.25) is 0 Å². The van der Waals surface area contributed by atoms with Crippen LogP contribution in [0.1, 0.15) is 35.4 Å². The fraction of sp³-hybridized carbons (Fsp3) is 0.583. The normalized spacial score (nSPS) is 14.7. The van der Waals surface area contributed by atoms with E-state index in [9.17, 15) is 9.59 Å². The van der Waals surface area contributed by atoms with Gasteiger partial charge in [-0.15, -0.1) is 0 Å². The average molecular weight is 265 g/mol. The van der Waals surface area contributed by atoms with Crippen LogP contribution >= 0.6 is 0 Å². The molecule has 0 saturated carbocycles. The molecule has 1 aromatic heterocycles. The monoisotopic (exact) mass is 265 g/mol. The maximum Gasteiger partial charge on any atom is 0.273 e. The zero-order chi connectivity index (χ0) is 13.8. The molecule has 1 aromatic rings. The van der Waals surface area contributed by atoms with Crippen molar-refractivity contribution in [2.24, 2.45) is 0 Å². The smallest absolute Gasteiger partial charge is 0.273 e. The number of carbonyl (C=O) groups is 2. The van der Waals surface area contributed by atoms with E-state index in [1.54, 1.807) is 6.92 Å². The van der Waals surface area contributed by atoms with E-state index in [0.717, 1.165) is 25.9 Å². The maximum atomic E-state index is 11.8. The molecule has 1 aliphatic rings. The highest BCUT2D eigenvalue weighted by atomic mass is 16.2. The van der Waals surface area contributed by atoms with Gasteiger partial charge in [0.2, 0.25) is 5.91 Å². The van der Waals surface area contributed by atoms with E-state index in [4.69, 9.17) is 5.73 Å². The van der Waals surface area contributed by atoms with E-state index >= 15 is 0 Å². The molecule has 0 unspecified atom stereocenters. The molecule has 19 heavy (non-hydrogen) atoms. The van der Waals surface area contributed by atoms with Crippen molar-refractivity contribution < 1.29 is 9.59 Å². The molecule has 4 N–H and O–H groups in total. The summed E-state index contributed by atoms with van der Waals surface area (Å²) < 4.78 is 0. The van der Waals surface area contributed by atoms with Crippen LogP contribution in [0.4, 0.5) is 5.69 Å². The van der Waals surface area contributed by atoms with E-state index in [1.165, 1.54) is 0 Å². The Balaban J connectivity index is 1.78. The Hall–Kier alpha value is -2.05. The van der Waals surface area contributed by atoms with Crippen molar-refractivity contribution >= 4 is 17.5 Å². The molecule has 104 valence electrons.